The van der Waals surface area contributed by atoms with E-state index in [1.165, 1.54) is 5.56 Å². The molecule has 0 aliphatic carbocycles. The van der Waals surface area contributed by atoms with Crippen molar-refractivity contribution in [3.8, 4) is 5.75 Å². The summed E-state index contributed by atoms with van der Waals surface area (Å²) in [6.45, 7) is 13.0. The number of nitrogens with one attached hydrogen (secondary N) is 2. The molecule has 6 nitrogen and oxygen atoms in total. The lowest BCUT2D eigenvalue weighted by Gasteiger charge is -2.18. The summed E-state index contributed by atoms with van der Waals surface area (Å²) in [5.41, 5.74) is 2.32. The van der Waals surface area contributed by atoms with Crippen molar-refractivity contribution >= 4 is 5.96 Å². The standard InChI is InChI=1S/C22H35N5O/c1-7-18(5)28-20-12-17(4)8-9-19(20)13-25-22(23-6)26-14-21-24-10-11-27(21)15-16(2)3/h8-12,16,18H,7,13-15H2,1-6H3,(H2,23,25,26). The highest BCUT2D eigenvalue weighted by molar-refractivity contribution is 5.79. The van der Waals surface area contributed by atoms with E-state index >= 15 is 0 Å². The van der Waals surface area contributed by atoms with Gasteiger partial charge in [-0.3, -0.25) is 4.99 Å². The van der Waals surface area contributed by atoms with Crippen LogP contribution in [-0.2, 0) is 19.6 Å². The Kier molecular flexibility index (Phi) is 8.36. The second-order valence-electron chi connectivity index (χ2n) is 7.62. The molecule has 2 aromatic rings. The molecule has 28 heavy (non-hydrogen) atoms. The minimum atomic E-state index is 0.192. The predicted molar refractivity (Wildman–Crippen MR) is 116 cm³/mol. The molecule has 0 saturated heterocycles. The van der Waals surface area contributed by atoms with Crippen LogP contribution in [0, 0.1) is 12.8 Å². The maximum Gasteiger partial charge on any atom is 0.191 e. The van der Waals surface area contributed by atoms with E-state index in [9.17, 15) is 0 Å². The number of nitrogens with zero attached hydrogens (tertiary/aromatic N) is 3. The summed E-state index contributed by atoms with van der Waals surface area (Å²) in [5.74, 6) is 3.27. The summed E-state index contributed by atoms with van der Waals surface area (Å²) in [6, 6.07) is 6.32. The van der Waals surface area contributed by atoms with Crippen molar-refractivity contribution < 1.29 is 4.74 Å². The molecule has 0 aliphatic rings. The average molecular weight is 386 g/mol. The van der Waals surface area contributed by atoms with Crippen LogP contribution in [-0.4, -0.2) is 28.7 Å². The van der Waals surface area contributed by atoms with Crippen LogP contribution in [0.1, 0.15) is 51.1 Å². The molecule has 154 valence electrons. The number of imidazole rings is 1. The number of aromatic nitrogens is 2. The van der Waals surface area contributed by atoms with E-state index < -0.39 is 0 Å². The first-order chi connectivity index (χ1) is 13.4. The van der Waals surface area contributed by atoms with Crippen LogP contribution in [0.4, 0.5) is 0 Å². The third kappa shape index (κ3) is 6.59. The molecular formula is C22H35N5O. The third-order valence-corrected chi connectivity index (χ3v) is 4.57. The minimum absolute atomic E-state index is 0.192. The van der Waals surface area contributed by atoms with Gasteiger partial charge in [-0.1, -0.05) is 32.9 Å². The van der Waals surface area contributed by atoms with Gasteiger partial charge in [0.25, 0.3) is 0 Å². The summed E-state index contributed by atoms with van der Waals surface area (Å²) in [4.78, 5) is 8.79. The molecule has 0 bridgehead atoms. The van der Waals surface area contributed by atoms with Crippen LogP contribution in [0.2, 0.25) is 0 Å². The smallest absolute Gasteiger partial charge is 0.191 e. The highest BCUT2D eigenvalue weighted by Crippen LogP contribution is 2.22. The number of rotatable bonds is 9. The normalized spacial score (nSPS) is 12.9. The Balaban J connectivity index is 1.97. The molecule has 0 amide bonds. The highest BCUT2D eigenvalue weighted by atomic mass is 16.5. The van der Waals surface area contributed by atoms with E-state index in [4.69, 9.17) is 4.74 Å². The Labute approximate surface area is 169 Å². The predicted octanol–water partition coefficient (Wildman–Crippen LogP) is 3.89. The first-order valence-corrected chi connectivity index (χ1v) is 10.1. The molecular weight excluding hydrogens is 350 g/mol. The molecule has 0 spiro atoms. The highest BCUT2D eigenvalue weighted by Gasteiger charge is 2.10. The lowest BCUT2D eigenvalue weighted by molar-refractivity contribution is 0.215. The van der Waals surface area contributed by atoms with Crippen LogP contribution < -0.4 is 15.4 Å². The van der Waals surface area contributed by atoms with Gasteiger partial charge in [-0.05, 0) is 37.8 Å². The summed E-state index contributed by atoms with van der Waals surface area (Å²) < 4.78 is 8.28. The largest absolute Gasteiger partial charge is 0.490 e. The van der Waals surface area contributed by atoms with Crippen LogP contribution >= 0.6 is 0 Å². The minimum Gasteiger partial charge on any atom is -0.490 e. The van der Waals surface area contributed by atoms with Crippen molar-refractivity contribution in [2.45, 2.75) is 66.8 Å². The van der Waals surface area contributed by atoms with E-state index in [-0.39, 0.29) is 6.10 Å². The van der Waals surface area contributed by atoms with Gasteiger partial charge >= 0.3 is 0 Å². The fourth-order valence-electron chi connectivity index (χ4n) is 2.85. The quantitative estimate of drug-likeness (QED) is 0.508. The van der Waals surface area contributed by atoms with Gasteiger partial charge < -0.3 is 19.9 Å². The van der Waals surface area contributed by atoms with Gasteiger partial charge in [-0.25, -0.2) is 4.98 Å². The second kappa shape index (κ2) is 10.7. The Hall–Kier alpha value is -2.50. The van der Waals surface area contributed by atoms with Gasteiger partial charge in [0, 0.05) is 38.1 Å². The van der Waals surface area contributed by atoms with Crippen LogP contribution in [0.3, 0.4) is 0 Å². The molecule has 0 radical (unpaired) electrons. The van der Waals surface area contributed by atoms with Gasteiger partial charge in [0.1, 0.15) is 11.6 Å². The van der Waals surface area contributed by atoms with Gasteiger partial charge in [0.15, 0.2) is 5.96 Å². The van der Waals surface area contributed by atoms with Gasteiger partial charge in [-0.15, -0.1) is 0 Å². The molecule has 1 atom stereocenters. The first-order valence-electron chi connectivity index (χ1n) is 10.1. The first kappa shape index (κ1) is 21.8. The van der Waals surface area contributed by atoms with Gasteiger partial charge in [0.05, 0.1) is 12.6 Å². The molecule has 1 heterocycles. The van der Waals surface area contributed by atoms with Crippen molar-refractivity contribution in [3.63, 3.8) is 0 Å². The number of hydrogen-bond donors (Lipinski definition) is 2. The summed E-state index contributed by atoms with van der Waals surface area (Å²) in [7, 11) is 1.78. The Morgan fingerprint density at radius 2 is 1.96 bits per heavy atom. The Morgan fingerprint density at radius 1 is 1.21 bits per heavy atom. The fourth-order valence-corrected chi connectivity index (χ4v) is 2.85. The Morgan fingerprint density at radius 3 is 2.64 bits per heavy atom. The lowest BCUT2D eigenvalue weighted by atomic mass is 10.1. The molecule has 6 heteroatoms. The zero-order chi connectivity index (χ0) is 20.5. The van der Waals surface area contributed by atoms with Crippen LogP contribution in [0.25, 0.3) is 0 Å². The molecule has 0 saturated carbocycles. The summed E-state index contributed by atoms with van der Waals surface area (Å²) in [5, 5.41) is 6.73. The van der Waals surface area contributed by atoms with Crippen LogP contribution in [0.15, 0.2) is 35.6 Å². The van der Waals surface area contributed by atoms with E-state index in [0.29, 0.717) is 19.0 Å². The number of aryl methyl sites for hydroxylation is 1. The average Bonchev–Trinajstić information content (AvgIpc) is 3.09. The zero-order valence-corrected chi connectivity index (χ0v) is 18.1. The fraction of sp³-hybridized carbons (Fsp3) is 0.545. The maximum atomic E-state index is 6.10. The monoisotopic (exact) mass is 385 g/mol. The van der Waals surface area contributed by atoms with Crippen molar-refractivity contribution in [2.24, 2.45) is 10.9 Å². The number of aliphatic imine (C=N–C) groups is 1. The topological polar surface area (TPSA) is 63.5 Å². The van der Waals surface area contributed by atoms with Crippen molar-refractivity contribution in [1.82, 2.24) is 20.2 Å². The summed E-state index contributed by atoms with van der Waals surface area (Å²) >= 11 is 0. The van der Waals surface area contributed by atoms with Gasteiger partial charge in [-0.2, -0.15) is 0 Å². The number of hydrogen-bond acceptors (Lipinski definition) is 3. The lowest BCUT2D eigenvalue weighted by Crippen LogP contribution is -2.37. The van der Waals surface area contributed by atoms with Gasteiger partial charge in [0.2, 0.25) is 0 Å². The van der Waals surface area contributed by atoms with E-state index in [1.807, 2.05) is 12.4 Å². The molecule has 0 fully saturated rings. The Bertz CT molecular complexity index is 766. The van der Waals surface area contributed by atoms with Crippen molar-refractivity contribution in [1.29, 1.82) is 0 Å². The van der Waals surface area contributed by atoms with Crippen molar-refractivity contribution in [2.75, 3.05) is 7.05 Å². The van der Waals surface area contributed by atoms with E-state index in [2.05, 4.69) is 78.0 Å². The number of ether oxygens (including phenoxy) is 1. The second-order valence-corrected chi connectivity index (χ2v) is 7.62. The summed E-state index contributed by atoms with van der Waals surface area (Å²) in [6.07, 6.45) is 5.05. The molecule has 2 N–H and O–H groups in total. The van der Waals surface area contributed by atoms with Crippen LogP contribution in [0.5, 0.6) is 5.75 Å². The molecule has 1 aromatic heterocycles. The molecule has 1 unspecified atom stereocenters. The molecule has 0 aliphatic heterocycles. The SMILES string of the molecule is CCC(C)Oc1cc(C)ccc1CNC(=NC)NCc1nccn1CC(C)C. The van der Waals surface area contributed by atoms with Crippen molar-refractivity contribution in [3.05, 3.63) is 47.5 Å². The van der Waals surface area contributed by atoms with E-state index in [0.717, 1.165) is 36.1 Å². The molecule has 1 aromatic carbocycles. The number of guanidine groups is 1. The number of benzene rings is 1. The third-order valence-electron chi connectivity index (χ3n) is 4.57. The van der Waals surface area contributed by atoms with E-state index in [1.54, 1.807) is 7.05 Å². The zero-order valence-electron chi connectivity index (χ0n) is 18.1. The molecule has 2 rings (SSSR count). The maximum absolute atomic E-state index is 6.10.